The van der Waals surface area contributed by atoms with Crippen LogP contribution in [-0.4, -0.2) is 61.5 Å². The quantitative estimate of drug-likeness (QED) is 0.767. The van der Waals surface area contributed by atoms with E-state index in [1.807, 2.05) is 11.0 Å². The summed E-state index contributed by atoms with van der Waals surface area (Å²) >= 11 is 0. The molecule has 3 rings (SSSR count). The second kappa shape index (κ2) is 9.31. The highest BCUT2D eigenvalue weighted by molar-refractivity contribution is 5.84. The van der Waals surface area contributed by atoms with Crippen LogP contribution in [0.2, 0.25) is 0 Å². The van der Waals surface area contributed by atoms with Gasteiger partial charge in [-0.25, -0.2) is 4.39 Å². The molecule has 5 nitrogen and oxygen atoms in total. The van der Waals surface area contributed by atoms with Crippen LogP contribution in [0, 0.1) is 17.7 Å². The van der Waals surface area contributed by atoms with Crippen LogP contribution in [0.5, 0.6) is 0 Å². The molecule has 1 aromatic rings. The summed E-state index contributed by atoms with van der Waals surface area (Å²) < 4.78 is 18.5. The lowest BCUT2D eigenvalue weighted by atomic mass is 9.92. The lowest BCUT2D eigenvalue weighted by molar-refractivity contribution is -0.144. The molecule has 2 heterocycles. The smallest absolute Gasteiger partial charge is 0.227 e. The van der Waals surface area contributed by atoms with Crippen LogP contribution in [0.3, 0.4) is 0 Å². The van der Waals surface area contributed by atoms with E-state index in [0.29, 0.717) is 38.3 Å². The maximum absolute atomic E-state index is 13.3. The van der Waals surface area contributed by atoms with E-state index in [1.54, 1.807) is 18.1 Å². The van der Waals surface area contributed by atoms with E-state index >= 15 is 0 Å². The number of ether oxygens (including phenoxy) is 1. The van der Waals surface area contributed by atoms with Crippen LogP contribution in [0.15, 0.2) is 24.3 Å². The van der Waals surface area contributed by atoms with E-state index in [2.05, 4.69) is 0 Å². The molecule has 2 aliphatic rings. The van der Waals surface area contributed by atoms with Gasteiger partial charge in [-0.05, 0) is 49.3 Å². The number of hydrogen-bond donors (Lipinski definition) is 0. The van der Waals surface area contributed by atoms with E-state index < -0.39 is 0 Å². The molecular formula is C21H29FN2O3. The molecule has 0 radical (unpaired) electrons. The Bertz CT molecular complexity index is 659. The molecule has 2 fully saturated rings. The zero-order valence-corrected chi connectivity index (χ0v) is 16.0. The minimum atomic E-state index is -0.262. The topological polar surface area (TPSA) is 49.9 Å². The van der Waals surface area contributed by atoms with E-state index in [-0.39, 0.29) is 23.5 Å². The fourth-order valence-corrected chi connectivity index (χ4v) is 4.10. The maximum atomic E-state index is 13.3. The molecule has 0 saturated carbocycles. The SMILES string of the molecule is COCC1CCN(C(=O)[C@H]2CCC(=O)N(CCc3cccc(F)c3)C2)CC1. The molecule has 148 valence electrons. The molecule has 1 aromatic carbocycles. The average Bonchev–Trinajstić information content (AvgIpc) is 2.68. The summed E-state index contributed by atoms with van der Waals surface area (Å²) in [7, 11) is 1.72. The number of hydrogen-bond acceptors (Lipinski definition) is 3. The first-order chi connectivity index (χ1) is 13.1. The molecule has 2 amide bonds. The second-order valence-corrected chi connectivity index (χ2v) is 7.68. The van der Waals surface area contributed by atoms with Crippen LogP contribution >= 0.6 is 0 Å². The number of rotatable bonds is 6. The fourth-order valence-electron chi connectivity index (χ4n) is 4.10. The number of piperidine rings is 2. The van der Waals surface area contributed by atoms with E-state index in [9.17, 15) is 14.0 Å². The van der Waals surface area contributed by atoms with Crippen LogP contribution < -0.4 is 0 Å². The van der Waals surface area contributed by atoms with Crippen molar-refractivity contribution in [1.82, 2.24) is 9.80 Å². The van der Waals surface area contributed by atoms with Gasteiger partial charge < -0.3 is 14.5 Å². The number of benzene rings is 1. The largest absolute Gasteiger partial charge is 0.384 e. The Kier molecular flexibility index (Phi) is 6.83. The Balaban J connectivity index is 1.52. The van der Waals surface area contributed by atoms with E-state index in [4.69, 9.17) is 4.74 Å². The standard InChI is InChI=1S/C21H29FN2O3/c1-27-15-17-8-10-23(11-9-17)21(26)18-5-6-20(25)24(14-18)12-7-16-3-2-4-19(22)13-16/h2-4,13,17-18H,5-12,14-15H2,1H3/t18-/m0/s1. The fraction of sp³-hybridized carbons (Fsp3) is 0.619. The summed E-state index contributed by atoms with van der Waals surface area (Å²) in [5.41, 5.74) is 0.872. The molecule has 0 aliphatic carbocycles. The number of amides is 2. The first-order valence-electron chi connectivity index (χ1n) is 9.86. The van der Waals surface area contributed by atoms with Crippen LogP contribution in [0.4, 0.5) is 4.39 Å². The molecule has 0 spiro atoms. The molecule has 1 atom stereocenters. The molecular weight excluding hydrogens is 347 g/mol. The van der Waals surface area contributed by atoms with Crippen LogP contribution in [0.25, 0.3) is 0 Å². The third-order valence-electron chi connectivity index (χ3n) is 5.74. The van der Waals surface area contributed by atoms with E-state index in [1.165, 1.54) is 12.1 Å². The van der Waals surface area contributed by atoms with Crippen molar-refractivity contribution in [2.45, 2.75) is 32.1 Å². The van der Waals surface area contributed by atoms with Gasteiger partial charge >= 0.3 is 0 Å². The Morgan fingerprint density at radius 3 is 2.74 bits per heavy atom. The van der Waals surface area contributed by atoms with Crippen molar-refractivity contribution in [1.29, 1.82) is 0 Å². The number of carbonyl (C=O) groups is 2. The molecule has 0 unspecified atom stereocenters. The van der Waals surface area contributed by atoms with Crippen molar-refractivity contribution in [2.24, 2.45) is 11.8 Å². The Hall–Kier alpha value is -1.95. The highest BCUT2D eigenvalue weighted by Gasteiger charge is 2.33. The zero-order valence-electron chi connectivity index (χ0n) is 16.0. The van der Waals surface area contributed by atoms with Gasteiger partial charge in [0.05, 0.1) is 5.92 Å². The first kappa shape index (κ1) is 19.8. The number of halogens is 1. The number of carbonyl (C=O) groups excluding carboxylic acids is 2. The molecule has 27 heavy (non-hydrogen) atoms. The minimum absolute atomic E-state index is 0.0919. The van der Waals surface area contributed by atoms with Gasteiger partial charge in [0.2, 0.25) is 11.8 Å². The third kappa shape index (κ3) is 5.28. The molecule has 0 N–H and O–H groups in total. The number of methoxy groups -OCH3 is 1. The molecule has 2 saturated heterocycles. The number of likely N-dealkylation sites (tertiary alicyclic amines) is 2. The summed E-state index contributed by atoms with van der Waals surface area (Å²) in [4.78, 5) is 28.9. The highest BCUT2D eigenvalue weighted by Crippen LogP contribution is 2.24. The monoisotopic (exact) mass is 376 g/mol. The van der Waals surface area contributed by atoms with Crippen molar-refractivity contribution in [2.75, 3.05) is 39.9 Å². The Morgan fingerprint density at radius 1 is 1.26 bits per heavy atom. The maximum Gasteiger partial charge on any atom is 0.227 e. The summed E-state index contributed by atoms with van der Waals surface area (Å²) in [6.07, 6.45) is 3.61. The van der Waals surface area contributed by atoms with E-state index in [0.717, 1.165) is 38.1 Å². The predicted octanol–water partition coefficient (Wildman–Crippen LogP) is 2.49. The van der Waals surface area contributed by atoms with Crippen molar-refractivity contribution in [3.63, 3.8) is 0 Å². The van der Waals surface area contributed by atoms with Crippen molar-refractivity contribution in [3.05, 3.63) is 35.6 Å². The third-order valence-corrected chi connectivity index (χ3v) is 5.74. The molecule has 0 bridgehead atoms. The van der Waals surface area contributed by atoms with Gasteiger partial charge in [-0.1, -0.05) is 12.1 Å². The zero-order chi connectivity index (χ0) is 19.2. The minimum Gasteiger partial charge on any atom is -0.384 e. The van der Waals surface area contributed by atoms with Gasteiger partial charge in [0, 0.05) is 46.3 Å². The Labute approximate surface area is 160 Å². The van der Waals surface area contributed by atoms with Crippen LogP contribution in [0.1, 0.15) is 31.2 Å². The molecule has 6 heteroatoms. The first-order valence-corrected chi connectivity index (χ1v) is 9.86. The van der Waals surface area contributed by atoms with Crippen molar-refractivity contribution in [3.8, 4) is 0 Å². The lowest BCUT2D eigenvalue weighted by Gasteiger charge is -2.37. The lowest BCUT2D eigenvalue weighted by Crippen LogP contribution is -2.49. The predicted molar refractivity (Wildman–Crippen MR) is 101 cm³/mol. The normalized spacial score (nSPS) is 21.6. The van der Waals surface area contributed by atoms with Gasteiger partial charge in [0.25, 0.3) is 0 Å². The van der Waals surface area contributed by atoms with Crippen molar-refractivity contribution >= 4 is 11.8 Å². The van der Waals surface area contributed by atoms with Gasteiger partial charge in [0.15, 0.2) is 0 Å². The van der Waals surface area contributed by atoms with Crippen LogP contribution in [-0.2, 0) is 20.7 Å². The summed E-state index contributed by atoms with van der Waals surface area (Å²) in [6, 6.07) is 6.47. The number of nitrogens with zero attached hydrogens (tertiary/aromatic N) is 2. The van der Waals surface area contributed by atoms with Gasteiger partial charge in [0.1, 0.15) is 5.82 Å². The van der Waals surface area contributed by atoms with Crippen molar-refractivity contribution < 1.29 is 18.7 Å². The van der Waals surface area contributed by atoms with Gasteiger partial charge in [-0.3, -0.25) is 9.59 Å². The van der Waals surface area contributed by atoms with Gasteiger partial charge in [-0.2, -0.15) is 0 Å². The highest BCUT2D eigenvalue weighted by atomic mass is 19.1. The molecule has 2 aliphatic heterocycles. The summed E-state index contributed by atoms with van der Waals surface area (Å²) in [6.45, 7) is 3.32. The van der Waals surface area contributed by atoms with Gasteiger partial charge in [-0.15, -0.1) is 0 Å². The summed E-state index contributed by atoms with van der Waals surface area (Å²) in [5.74, 6) is 0.426. The molecule has 0 aromatic heterocycles. The second-order valence-electron chi connectivity index (χ2n) is 7.68. The summed E-state index contributed by atoms with van der Waals surface area (Å²) in [5, 5.41) is 0. The Morgan fingerprint density at radius 2 is 2.04 bits per heavy atom. The average molecular weight is 376 g/mol.